The van der Waals surface area contributed by atoms with Gasteiger partial charge in [0.25, 0.3) is 0 Å². The van der Waals surface area contributed by atoms with Gasteiger partial charge in [0.1, 0.15) is 0 Å². The van der Waals surface area contributed by atoms with Gasteiger partial charge in [0.05, 0.1) is 12.5 Å². The summed E-state index contributed by atoms with van der Waals surface area (Å²) in [6.45, 7) is 2.69. The van der Waals surface area contributed by atoms with Gasteiger partial charge < -0.3 is 15.4 Å². The molecule has 120 valence electrons. The van der Waals surface area contributed by atoms with Crippen LogP contribution < -0.4 is 10.6 Å². The lowest BCUT2D eigenvalue weighted by Gasteiger charge is -2.47. The molecule has 1 aliphatic heterocycles. The number of carbonyl (C=O) groups is 1. The summed E-state index contributed by atoms with van der Waals surface area (Å²) >= 11 is 0. The molecule has 0 amide bonds. The van der Waals surface area contributed by atoms with Crippen LogP contribution in [-0.2, 0) is 16.1 Å². The number of rotatable bonds is 4. The zero-order valence-corrected chi connectivity index (χ0v) is 13.3. The van der Waals surface area contributed by atoms with Crippen LogP contribution in [0.3, 0.4) is 0 Å². The Kier molecular flexibility index (Phi) is 4.79. The molecule has 22 heavy (non-hydrogen) atoms. The normalized spacial score (nSPS) is 31.3. The zero-order valence-electron chi connectivity index (χ0n) is 13.3. The van der Waals surface area contributed by atoms with E-state index in [2.05, 4.69) is 34.9 Å². The molecule has 2 aliphatic rings. The first-order valence-electron chi connectivity index (χ1n) is 8.31. The standard InChI is InChI=1S/C18H26N2O2/c1-22-17(21)18-9-7-16(11-15(18)8-10-19-13-18)20-12-14-5-3-2-4-6-14/h2-6,15-16,19-20H,7-13H2,1H3. The van der Waals surface area contributed by atoms with Crippen LogP contribution >= 0.6 is 0 Å². The maximum absolute atomic E-state index is 12.3. The van der Waals surface area contributed by atoms with Crippen LogP contribution in [0.2, 0.25) is 0 Å². The van der Waals surface area contributed by atoms with E-state index in [4.69, 9.17) is 4.74 Å². The molecule has 0 aromatic heterocycles. The third kappa shape index (κ3) is 3.03. The van der Waals surface area contributed by atoms with Gasteiger partial charge in [-0.2, -0.15) is 0 Å². The fourth-order valence-electron chi connectivity index (χ4n) is 4.13. The molecule has 0 spiro atoms. The second kappa shape index (κ2) is 6.80. The SMILES string of the molecule is COC(=O)C12CCC(NCc3ccccc3)CC1CCNC2. The van der Waals surface area contributed by atoms with E-state index in [1.807, 2.05) is 6.07 Å². The fourth-order valence-corrected chi connectivity index (χ4v) is 4.13. The Morgan fingerprint density at radius 3 is 2.95 bits per heavy atom. The highest BCUT2D eigenvalue weighted by atomic mass is 16.5. The number of hydrogen-bond acceptors (Lipinski definition) is 4. The van der Waals surface area contributed by atoms with E-state index in [0.29, 0.717) is 12.0 Å². The minimum atomic E-state index is -0.294. The van der Waals surface area contributed by atoms with Gasteiger partial charge in [0.2, 0.25) is 0 Å². The van der Waals surface area contributed by atoms with Crippen molar-refractivity contribution in [1.29, 1.82) is 0 Å². The van der Waals surface area contributed by atoms with Crippen molar-refractivity contribution in [2.75, 3.05) is 20.2 Å². The molecule has 1 aromatic rings. The Bertz CT molecular complexity index is 505. The molecule has 2 fully saturated rings. The number of piperidine rings is 1. The van der Waals surface area contributed by atoms with Crippen molar-refractivity contribution in [3.05, 3.63) is 35.9 Å². The number of ether oxygens (including phenoxy) is 1. The maximum atomic E-state index is 12.3. The first-order valence-corrected chi connectivity index (χ1v) is 8.31. The second-order valence-corrected chi connectivity index (χ2v) is 6.65. The number of hydrogen-bond donors (Lipinski definition) is 2. The number of benzene rings is 1. The van der Waals surface area contributed by atoms with Gasteiger partial charge in [-0.3, -0.25) is 4.79 Å². The lowest BCUT2D eigenvalue weighted by Crippen LogP contribution is -2.56. The van der Waals surface area contributed by atoms with Crippen LogP contribution in [-0.4, -0.2) is 32.2 Å². The largest absolute Gasteiger partial charge is 0.469 e. The molecule has 4 heteroatoms. The number of esters is 1. The summed E-state index contributed by atoms with van der Waals surface area (Å²) in [6, 6.07) is 11.0. The first-order chi connectivity index (χ1) is 10.7. The van der Waals surface area contributed by atoms with E-state index in [9.17, 15) is 4.79 Å². The number of nitrogens with one attached hydrogen (secondary N) is 2. The molecule has 1 aromatic carbocycles. The molecule has 1 aliphatic carbocycles. The first kappa shape index (κ1) is 15.5. The van der Waals surface area contributed by atoms with Crippen LogP contribution in [0.15, 0.2) is 30.3 Å². The summed E-state index contributed by atoms with van der Waals surface area (Å²) in [4.78, 5) is 12.3. The van der Waals surface area contributed by atoms with Crippen molar-refractivity contribution in [3.8, 4) is 0 Å². The Labute approximate surface area is 132 Å². The van der Waals surface area contributed by atoms with E-state index in [1.165, 1.54) is 12.7 Å². The number of carbonyl (C=O) groups excluding carboxylic acids is 1. The highest BCUT2D eigenvalue weighted by molar-refractivity contribution is 5.78. The lowest BCUT2D eigenvalue weighted by atomic mass is 9.62. The van der Waals surface area contributed by atoms with Gasteiger partial charge in [0, 0.05) is 19.1 Å². The van der Waals surface area contributed by atoms with Gasteiger partial charge in [-0.05, 0) is 43.7 Å². The smallest absolute Gasteiger partial charge is 0.313 e. The van der Waals surface area contributed by atoms with Crippen LogP contribution in [0.25, 0.3) is 0 Å². The highest BCUT2D eigenvalue weighted by Crippen LogP contribution is 2.45. The van der Waals surface area contributed by atoms with Crippen LogP contribution in [0.1, 0.15) is 31.2 Å². The summed E-state index contributed by atoms with van der Waals surface area (Å²) < 4.78 is 5.12. The predicted molar refractivity (Wildman–Crippen MR) is 86.3 cm³/mol. The minimum Gasteiger partial charge on any atom is -0.469 e. The number of fused-ring (bicyclic) bond motifs is 1. The fraction of sp³-hybridized carbons (Fsp3) is 0.611. The Morgan fingerprint density at radius 1 is 1.36 bits per heavy atom. The molecule has 4 nitrogen and oxygen atoms in total. The van der Waals surface area contributed by atoms with E-state index < -0.39 is 0 Å². The summed E-state index contributed by atoms with van der Waals surface area (Å²) in [6.07, 6.45) is 4.10. The van der Waals surface area contributed by atoms with E-state index in [0.717, 1.165) is 45.3 Å². The summed E-state index contributed by atoms with van der Waals surface area (Å²) in [5.74, 6) is 0.412. The van der Waals surface area contributed by atoms with Gasteiger partial charge in [-0.15, -0.1) is 0 Å². The zero-order chi connectivity index (χ0) is 15.4. The highest BCUT2D eigenvalue weighted by Gasteiger charge is 2.50. The monoisotopic (exact) mass is 302 g/mol. The lowest BCUT2D eigenvalue weighted by molar-refractivity contribution is -0.161. The molecular weight excluding hydrogens is 276 g/mol. The van der Waals surface area contributed by atoms with Gasteiger partial charge >= 0.3 is 5.97 Å². The van der Waals surface area contributed by atoms with E-state index >= 15 is 0 Å². The van der Waals surface area contributed by atoms with Crippen molar-refractivity contribution < 1.29 is 9.53 Å². The quantitative estimate of drug-likeness (QED) is 0.836. The minimum absolute atomic E-state index is 0.0220. The summed E-state index contributed by atoms with van der Waals surface area (Å²) in [5, 5.41) is 7.06. The molecule has 3 rings (SSSR count). The molecule has 3 atom stereocenters. The third-order valence-electron chi connectivity index (χ3n) is 5.43. The van der Waals surface area contributed by atoms with Crippen molar-refractivity contribution in [1.82, 2.24) is 10.6 Å². The topological polar surface area (TPSA) is 50.4 Å². The van der Waals surface area contributed by atoms with Crippen LogP contribution in [0, 0.1) is 11.3 Å². The molecule has 1 saturated heterocycles. The molecule has 1 saturated carbocycles. The average molecular weight is 302 g/mol. The van der Waals surface area contributed by atoms with E-state index in [1.54, 1.807) is 0 Å². The van der Waals surface area contributed by atoms with Crippen LogP contribution in [0.4, 0.5) is 0 Å². The Hall–Kier alpha value is -1.39. The number of methoxy groups -OCH3 is 1. The second-order valence-electron chi connectivity index (χ2n) is 6.65. The van der Waals surface area contributed by atoms with Gasteiger partial charge in [0.15, 0.2) is 0 Å². The van der Waals surface area contributed by atoms with E-state index in [-0.39, 0.29) is 11.4 Å². The van der Waals surface area contributed by atoms with Gasteiger partial charge in [-0.1, -0.05) is 30.3 Å². The molecule has 1 heterocycles. The predicted octanol–water partition coefficient (Wildman–Crippen LogP) is 2.10. The average Bonchev–Trinajstić information content (AvgIpc) is 2.59. The maximum Gasteiger partial charge on any atom is 0.313 e. The van der Waals surface area contributed by atoms with Gasteiger partial charge in [-0.25, -0.2) is 0 Å². The molecule has 0 radical (unpaired) electrons. The summed E-state index contributed by atoms with van der Waals surface area (Å²) in [7, 11) is 1.52. The van der Waals surface area contributed by atoms with Crippen molar-refractivity contribution in [2.24, 2.45) is 11.3 Å². The van der Waals surface area contributed by atoms with Crippen molar-refractivity contribution in [3.63, 3.8) is 0 Å². The Balaban J connectivity index is 1.61. The molecule has 0 bridgehead atoms. The molecular formula is C18H26N2O2. The van der Waals surface area contributed by atoms with Crippen LogP contribution in [0.5, 0.6) is 0 Å². The third-order valence-corrected chi connectivity index (χ3v) is 5.43. The van der Waals surface area contributed by atoms with Crippen molar-refractivity contribution in [2.45, 2.75) is 38.3 Å². The Morgan fingerprint density at radius 2 is 2.18 bits per heavy atom. The summed E-state index contributed by atoms with van der Waals surface area (Å²) in [5.41, 5.74) is 1.02. The molecule has 3 unspecified atom stereocenters. The van der Waals surface area contributed by atoms with Crippen molar-refractivity contribution >= 4 is 5.97 Å². The molecule has 2 N–H and O–H groups in total.